The zero-order chi connectivity index (χ0) is 75.6. The smallest absolute Gasteiger partial charge is 0.311 e. The number of halogens is 7. The lowest BCUT2D eigenvalue weighted by molar-refractivity contribution is -0.151. The van der Waals surface area contributed by atoms with E-state index in [0.29, 0.717) is 114 Å². The second-order valence-electron chi connectivity index (χ2n) is 27.0. The van der Waals surface area contributed by atoms with E-state index >= 15 is 0 Å². The molecule has 6 N–H and O–H groups in total. The van der Waals surface area contributed by atoms with Crippen LogP contribution >= 0.6 is 50.7 Å². The van der Waals surface area contributed by atoms with Crippen molar-refractivity contribution in [2.24, 2.45) is 47.2 Å². The van der Waals surface area contributed by atoms with Crippen LogP contribution in [-0.4, -0.2) is 155 Å². The van der Waals surface area contributed by atoms with Crippen molar-refractivity contribution in [2.45, 2.75) is 96.5 Å². The van der Waals surface area contributed by atoms with Crippen molar-refractivity contribution in [1.29, 1.82) is 0 Å². The van der Waals surface area contributed by atoms with Gasteiger partial charge in [-0.05, 0) is 196 Å². The lowest BCUT2D eigenvalue weighted by atomic mass is 9.62. The van der Waals surface area contributed by atoms with Gasteiger partial charge in [-0.3, -0.25) is 18.6 Å². The number of carbonyl (C=O) groups is 3. The van der Waals surface area contributed by atoms with Gasteiger partial charge in [0.1, 0.15) is 17.5 Å². The number of nitrogens with zero attached hydrogens (tertiary/aromatic N) is 2. The predicted molar refractivity (Wildman–Crippen MR) is 409 cm³/mol. The monoisotopic (exact) mass is 1580 g/mol. The van der Waals surface area contributed by atoms with Crippen LogP contribution in [0.25, 0.3) is 33.4 Å². The fourth-order valence-electron chi connectivity index (χ4n) is 13.2. The molecule has 2 saturated heterocycles. The van der Waals surface area contributed by atoms with Gasteiger partial charge in [-0.15, -0.1) is 0 Å². The van der Waals surface area contributed by atoms with Gasteiger partial charge in [0.25, 0.3) is 23.9 Å². The fraction of sp³-hybridized carbons (Fsp3) is 0.423. The normalized spacial score (nSPS) is 15.1. The molecule has 0 aromatic heterocycles. The molecule has 104 heavy (non-hydrogen) atoms. The van der Waals surface area contributed by atoms with Gasteiger partial charge in [0.05, 0.1) is 49.1 Å². The number of nitrogens with two attached hydrogens (primary N) is 1. The highest BCUT2D eigenvalue weighted by molar-refractivity contribution is 9.10. The van der Waals surface area contributed by atoms with Gasteiger partial charge in [0.15, 0.2) is 0 Å². The van der Waals surface area contributed by atoms with Crippen molar-refractivity contribution in [3.63, 3.8) is 0 Å². The van der Waals surface area contributed by atoms with Crippen molar-refractivity contribution < 1.29 is 74.6 Å². The molecule has 0 aliphatic carbocycles. The summed E-state index contributed by atoms with van der Waals surface area (Å²) in [4.78, 5) is 42.2. The lowest BCUT2D eigenvalue weighted by Crippen LogP contribution is -2.51. The largest absolute Gasteiger partial charge is 0.466 e. The molecule has 0 bridgehead atoms. The fourth-order valence-corrected chi connectivity index (χ4v) is 14.9. The summed E-state index contributed by atoms with van der Waals surface area (Å²) in [7, 11) is -4.09. The summed E-state index contributed by atoms with van der Waals surface area (Å²) >= 11 is 21.3. The minimum absolute atomic E-state index is 0.0231. The molecular weight excluding hydrogens is 1480 g/mol. The molecule has 7 aromatic carbocycles. The number of aliphatic hydroxyl groups is 2. The maximum atomic E-state index is 14.3. The van der Waals surface area contributed by atoms with E-state index in [4.69, 9.17) is 58.9 Å². The summed E-state index contributed by atoms with van der Waals surface area (Å²) in [6, 6.07) is 41.7. The van der Waals surface area contributed by atoms with Gasteiger partial charge in [0.2, 0.25) is 0 Å². The van der Waals surface area contributed by atoms with Crippen LogP contribution in [0.3, 0.4) is 0 Å². The Labute approximate surface area is 634 Å². The first-order valence-electron chi connectivity index (χ1n) is 35.2. The Morgan fingerprint density at radius 1 is 0.529 bits per heavy atom. The molecule has 0 amide bonds. The van der Waals surface area contributed by atoms with Crippen LogP contribution in [-0.2, 0) is 62.2 Å². The Morgan fingerprint density at radius 3 is 1.21 bits per heavy atom. The number of aliphatic hydroxyl groups excluding tert-OH is 2. The first kappa shape index (κ1) is 85.1. The standard InChI is InChI=1S/C28H30BBrClFO6S.C26H34BClFNO4.C24H30ClFN2O3/c1-3-37-28(33)22(18-38-39(35,36)25-11-8-23(30)9-12-25)15-20(17-29(2)34)14-19-4-6-21(7-5-19)26-16-24(31)10-13-27(26)32;1-3-34-26(32)22(16-30-14-20(15-30)17-31)11-19(13-27(2)33)10-18-4-6-21(7-5-18)24-12-23(28)8-9-25(24)29;1-2-31-24(30)19(14-28-12-17(13-28)15-29)10-21(27)9-16-3-5-18(6-4-16)22-11-20(25)7-8-23(22)26/h4-13,16,20,22,34H,3,14-15,17-18H2,1-2H3;4-9,12,19-20,22,31,33H,3,10-11,13-17H2,1-2H3;3-8,11,17,19,21,29H,2,9-10,12-15,27H2,1H3/t20-,22+;19-,22+;19-,21+/m110/s1. The average molecular weight is 1580 g/mol. The Hall–Kier alpha value is -6.15. The van der Waals surface area contributed by atoms with Gasteiger partial charge in [-0.1, -0.05) is 137 Å². The molecular formula is C78H94B2BrCl3F3N3O13S. The van der Waals surface area contributed by atoms with Crippen LogP contribution in [0.5, 0.6) is 0 Å². The molecule has 2 fully saturated rings. The van der Waals surface area contributed by atoms with E-state index in [1.807, 2.05) is 60.7 Å². The molecule has 0 radical (unpaired) electrons. The number of hydrogen-bond donors (Lipinski definition) is 5. The van der Waals surface area contributed by atoms with Gasteiger partial charge in [-0.2, -0.15) is 8.42 Å². The molecule has 0 unspecified atom stereocenters. The van der Waals surface area contributed by atoms with E-state index in [-0.39, 0.29) is 103 Å². The first-order chi connectivity index (χ1) is 49.6. The van der Waals surface area contributed by atoms with Crippen LogP contribution in [0.15, 0.2) is 161 Å². The topological polar surface area (TPSA) is 236 Å². The molecule has 0 spiro atoms. The van der Waals surface area contributed by atoms with Crippen LogP contribution in [0.1, 0.15) is 56.7 Å². The summed E-state index contributed by atoms with van der Waals surface area (Å²) in [5, 5.41) is 40.1. The molecule has 2 heterocycles. The number of rotatable bonds is 35. The third-order valence-corrected chi connectivity index (χ3v) is 20.8. The molecule has 2 aliphatic rings. The summed E-state index contributed by atoms with van der Waals surface area (Å²) in [5.41, 5.74) is 12.8. The van der Waals surface area contributed by atoms with Gasteiger partial charge in [0, 0.05) is 107 Å². The number of carbonyl (C=O) groups excluding carboxylic acids is 3. The second-order valence-corrected chi connectivity index (χ2v) is 30.9. The van der Waals surface area contributed by atoms with E-state index in [1.54, 1.807) is 76.9 Å². The Morgan fingerprint density at radius 2 is 0.865 bits per heavy atom. The van der Waals surface area contributed by atoms with Crippen LogP contribution < -0.4 is 5.73 Å². The second kappa shape index (κ2) is 42.4. The van der Waals surface area contributed by atoms with Crippen molar-refractivity contribution in [3.8, 4) is 33.4 Å². The van der Waals surface area contributed by atoms with E-state index in [9.17, 15) is 56.2 Å². The molecule has 6 atom stereocenters. The van der Waals surface area contributed by atoms with Gasteiger partial charge in [-0.25, -0.2) is 13.2 Å². The van der Waals surface area contributed by atoms with Gasteiger partial charge >= 0.3 is 17.9 Å². The highest BCUT2D eigenvalue weighted by Crippen LogP contribution is 2.34. The van der Waals surface area contributed by atoms with Crippen LogP contribution in [0.2, 0.25) is 41.4 Å². The molecule has 16 nitrogen and oxygen atoms in total. The maximum absolute atomic E-state index is 14.3. The number of esters is 3. The maximum Gasteiger partial charge on any atom is 0.311 e. The quantitative estimate of drug-likeness (QED) is 0.0107. The Balaban J connectivity index is 0.000000220. The zero-order valence-electron chi connectivity index (χ0n) is 59.3. The minimum Gasteiger partial charge on any atom is -0.466 e. The molecule has 560 valence electrons. The lowest BCUT2D eigenvalue weighted by Gasteiger charge is -2.40. The molecule has 2 aliphatic heterocycles. The Bertz CT molecular complexity index is 3960. The summed E-state index contributed by atoms with van der Waals surface area (Å²) < 4.78 is 89.8. The highest BCUT2D eigenvalue weighted by atomic mass is 79.9. The highest BCUT2D eigenvalue weighted by Gasteiger charge is 2.35. The van der Waals surface area contributed by atoms with E-state index < -0.39 is 35.8 Å². The molecule has 9 rings (SSSR count). The zero-order valence-corrected chi connectivity index (χ0v) is 64.0. The van der Waals surface area contributed by atoms with Crippen molar-refractivity contribution in [2.75, 3.05) is 78.9 Å². The molecule has 7 aromatic rings. The number of hydrogen-bond acceptors (Lipinski definition) is 16. The van der Waals surface area contributed by atoms with E-state index in [2.05, 4.69) is 25.7 Å². The van der Waals surface area contributed by atoms with Crippen LogP contribution in [0.4, 0.5) is 13.2 Å². The molecule has 0 saturated carbocycles. The first-order valence-corrected chi connectivity index (χ1v) is 38.6. The van der Waals surface area contributed by atoms with Crippen molar-refractivity contribution in [3.05, 3.63) is 205 Å². The predicted octanol–water partition coefficient (Wildman–Crippen LogP) is 14.6. The van der Waals surface area contributed by atoms with E-state index in [0.717, 1.165) is 58.5 Å². The van der Waals surface area contributed by atoms with Crippen LogP contribution in [0, 0.1) is 58.9 Å². The summed E-state index contributed by atoms with van der Waals surface area (Å²) in [6.07, 6.45) is 4.10. The number of likely N-dealkylation sites (tertiary alicyclic amines) is 2. The molecule has 26 heteroatoms. The van der Waals surface area contributed by atoms with Crippen molar-refractivity contribution in [1.82, 2.24) is 9.80 Å². The van der Waals surface area contributed by atoms with E-state index in [1.165, 1.54) is 48.5 Å². The Kier molecular flexibility index (Phi) is 34.7. The number of ether oxygens (including phenoxy) is 3. The van der Waals surface area contributed by atoms with Gasteiger partial charge < -0.3 is 50.0 Å². The third-order valence-electron chi connectivity index (χ3n) is 18.2. The third kappa shape index (κ3) is 27.3. The summed E-state index contributed by atoms with van der Waals surface area (Å²) in [5.74, 6) is -3.01. The van der Waals surface area contributed by atoms with Crippen molar-refractivity contribution >= 4 is 92.6 Å². The minimum atomic E-state index is -4.09. The SMILES string of the molecule is CCOC(=O)[C@@H](C[C@H](CB(C)O)Cc1ccc(-c2cc(Cl)ccc2F)cc1)CN1CC(CO)C1.CCOC(=O)[C@@H](C[C@H](N)Cc1ccc(-c2cc(Cl)ccc2F)cc1)CN1CC(CO)C1.CCOC(=O)[C@H](COS(=O)(=O)c1ccc(Br)cc1)C[C@H](CB(C)O)Cc1ccc(-c2cc(Cl)ccc2F)cc1. The summed E-state index contributed by atoms with van der Waals surface area (Å²) in [6.45, 7) is 12.7. The number of benzene rings is 7. The average Bonchev–Trinajstić information content (AvgIpc) is 0.844.